The summed E-state index contributed by atoms with van der Waals surface area (Å²) in [5.41, 5.74) is 1.00. The SMILES string of the molecule is O=C1CCC[C@@]2(c3ccccc3)NCCCN12. The summed E-state index contributed by atoms with van der Waals surface area (Å²) < 4.78 is 0. The molecule has 1 atom stereocenters. The molecule has 0 bridgehead atoms. The van der Waals surface area contributed by atoms with Crippen LogP contribution in [-0.2, 0) is 10.5 Å². The smallest absolute Gasteiger partial charge is 0.224 e. The Balaban J connectivity index is 2.04. The number of carbonyl (C=O) groups is 1. The van der Waals surface area contributed by atoms with E-state index >= 15 is 0 Å². The minimum absolute atomic E-state index is 0.227. The summed E-state index contributed by atoms with van der Waals surface area (Å²) in [6.07, 6.45) is 3.77. The van der Waals surface area contributed by atoms with Crippen LogP contribution in [0.2, 0.25) is 0 Å². The summed E-state index contributed by atoms with van der Waals surface area (Å²) in [4.78, 5) is 14.1. The molecule has 2 saturated heterocycles. The second kappa shape index (κ2) is 4.15. The normalized spacial score (nSPS) is 28.9. The van der Waals surface area contributed by atoms with Gasteiger partial charge in [0.25, 0.3) is 0 Å². The van der Waals surface area contributed by atoms with Gasteiger partial charge in [0.15, 0.2) is 0 Å². The van der Waals surface area contributed by atoms with Gasteiger partial charge in [0.2, 0.25) is 5.91 Å². The monoisotopic (exact) mass is 230 g/mol. The van der Waals surface area contributed by atoms with Crippen molar-refractivity contribution < 1.29 is 4.79 Å². The van der Waals surface area contributed by atoms with Crippen molar-refractivity contribution in [1.82, 2.24) is 10.2 Å². The molecule has 2 aliphatic rings. The van der Waals surface area contributed by atoms with Crippen molar-refractivity contribution in [3.05, 3.63) is 35.9 Å². The van der Waals surface area contributed by atoms with Crippen LogP contribution in [0.4, 0.5) is 0 Å². The maximum atomic E-state index is 12.1. The van der Waals surface area contributed by atoms with Crippen molar-refractivity contribution in [2.75, 3.05) is 13.1 Å². The number of nitrogens with one attached hydrogen (secondary N) is 1. The van der Waals surface area contributed by atoms with Gasteiger partial charge in [-0.3, -0.25) is 10.1 Å². The lowest BCUT2D eigenvalue weighted by Crippen LogP contribution is -2.64. The minimum atomic E-state index is -0.227. The summed E-state index contributed by atoms with van der Waals surface area (Å²) >= 11 is 0. The zero-order valence-electron chi connectivity index (χ0n) is 9.98. The highest BCUT2D eigenvalue weighted by atomic mass is 16.2. The number of fused-ring (bicyclic) bond motifs is 1. The molecule has 3 heteroatoms. The van der Waals surface area contributed by atoms with Crippen LogP contribution in [0.25, 0.3) is 0 Å². The van der Waals surface area contributed by atoms with Crippen molar-refractivity contribution >= 4 is 5.91 Å². The Morgan fingerprint density at radius 1 is 1.18 bits per heavy atom. The van der Waals surface area contributed by atoms with E-state index in [2.05, 4.69) is 34.5 Å². The lowest BCUT2D eigenvalue weighted by atomic mass is 9.86. The van der Waals surface area contributed by atoms with Crippen LogP contribution in [0, 0.1) is 0 Å². The Bertz CT molecular complexity index is 413. The lowest BCUT2D eigenvalue weighted by molar-refractivity contribution is -0.147. The molecule has 2 aliphatic heterocycles. The zero-order chi connectivity index (χ0) is 11.7. The van der Waals surface area contributed by atoms with Crippen molar-refractivity contribution in [2.24, 2.45) is 0 Å². The van der Waals surface area contributed by atoms with Crippen LogP contribution in [0.5, 0.6) is 0 Å². The predicted octanol–water partition coefficient (Wildman–Crippen LogP) is 1.85. The molecule has 0 aromatic heterocycles. The van der Waals surface area contributed by atoms with Crippen molar-refractivity contribution in [1.29, 1.82) is 0 Å². The first-order valence-electron chi connectivity index (χ1n) is 6.44. The van der Waals surface area contributed by atoms with Crippen LogP contribution in [-0.4, -0.2) is 23.9 Å². The third kappa shape index (κ3) is 1.65. The molecule has 1 aromatic carbocycles. The largest absolute Gasteiger partial charge is 0.320 e. The summed E-state index contributed by atoms with van der Waals surface area (Å²) in [5.74, 6) is 0.298. The highest BCUT2D eigenvalue weighted by Crippen LogP contribution is 2.37. The maximum Gasteiger partial charge on any atom is 0.224 e. The second-order valence-electron chi connectivity index (χ2n) is 4.91. The van der Waals surface area contributed by atoms with Crippen LogP contribution >= 0.6 is 0 Å². The summed E-state index contributed by atoms with van der Waals surface area (Å²) in [7, 11) is 0. The molecule has 0 saturated carbocycles. The topological polar surface area (TPSA) is 32.3 Å². The molecular weight excluding hydrogens is 212 g/mol. The molecule has 0 aliphatic carbocycles. The fraction of sp³-hybridized carbons (Fsp3) is 0.500. The minimum Gasteiger partial charge on any atom is -0.320 e. The Labute approximate surface area is 102 Å². The molecule has 2 fully saturated rings. The van der Waals surface area contributed by atoms with Gasteiger partial charge >= 0.3 is 0 Å². The summed E-state index contributed by atoms with van der Waals surface area (Å²) in [6, 6.07) is 10.4. The molecule has 1 amide bonds. The van der Waals surface area contributed by atoms with E-state index in [9.17, 15) is 4.79 Å². The van der Waals surface area contributed by atoms with Gasteiger partial charge < -0.3 is 4.90 Å². The third-order valence-electron chi connectivity index (χ3n) is 3.92. The summed E-state index contributed by atoms with van der Waals surface area (Å²) in [6.45, 7) is 1.89. The lowest BCUT2D eigenvalue weighted by Gasteiger charge is -2.51. The molecule has 0 spiro atoms. The van der Waals surface area contributed by atoms with Crippen LogP contribution < -0.4 is 5.32 Å². The Morgan fingerprint density at radius 3 is 2.82 bits per heavy atom. The van der Waals surface area contributed by atoms with E-state index in [0.717, 1.165) is 32.4 Å². The average Bonchev–Trinajstić information content (AvgIpc) is 2.40. The average molecular weight is 230 g/mol. The Hall–Kier alpha value is -1.35. The highest BCUT2D eigenvalue weighted by Gasteiger charge is 2.44. The quantitative estimate of drug-likeness (QED) is 0.798. The molecule has 3 nitrogen and oxygen atoms in total. The van der Waals surface area contributed by atoms with Crippen LogP contribution in [0.1, 0.15) is 31.2 Å². The number of nitrogens with zero attached hydrogens (tertiary/aromatic N) is 1. The van der Waals surface area contributed by atoms with Gasteiger partial charge in [-0.2, -0.15) is 0 Å². The van der Waals surface area contributed by atoms with E-state index in [-0.39, 0.29) is 5.66 Å². The second-order valence-corrected chi connectivity index (χ2v) is 4.91. The van der Waals surface area contributed by atoms with Gasteiger partial charge in [0.05, 0.1) is 0 Å². The van der Waals surface area contributed by atoms with Gasteiger partial charge in [-0.05, 0) is 31.4 Å². The number of piperidine rings is 1. The van der Waals surface area contributed by atoms with Crippen LogP contribution in [0.15, 0.2) is 30.3 Å². The molecular formula is C14H18N2O. The molecule has 2 heterocycles. The molecule has 1 N–H and O–H groups in total. The molecule has 1 aromatic rings. The predicted molar refractivity (Wildman–Crippen MR) is 66.3 cm³/mol. The Kier molecular flexibility index (Phi) is 2.63. The van der Waals surface area contributed by atoms with E-state index in [1.54, 1.807) is 0 Å². The first-order valence-corrected chi connectivity index (χ1v) is 6.44. The Morgan fingerprint density at radius 2 is 2.00 bits per heavy atom. The van der Waals surface area contributed by atoms with Crippen molar-refractivity contribution in [3.8, 4) is 0 Å². The first kappa shape index (κ1) is 10.8. The number of hydrogen-bond donors (Lipinski definition) is 1. The zero-order valence-corrected chi connectivity index (χ0v) is 9.98. The molecule has 90 valence electrons. The molecule has 0 unspecified atom stereocenters. The third-order valence-corrected chi connectivity index (χ3v) is 3.92. The van der Waals surface area contributed by atoms with E-state index in [4.69, 9.17) is 0 Å². The first-order chi connectivity index (χ1) is 8.33. The fourth-order valence-corrected chi connectivity index (χ4v) is 3.13. The number of amides is 1. The standard InChI is InChI=1S/C14H18N2O/c17-13-8-4-9-14(12-6-2-1-3-7-12)15-10-5-11-16(13)14/h1-3,6-7,15H,4-5,8-11H2/t14-/m1/s1. The molecule has 3 rings (SSSR count). The van der Waals surface area contributed by atoms with E-state index < -0.39 is 0 Å². The van der Waals surface area contributed by atoms with Gasteiger partial charge in [-0.25, -0.2) is 0 Å². The van der Waals surface area contributed by atoms with E-state index in [1.165, 1.54) is 5.56 Å². The van der Waals surface area contributed by atoms with E-state index in [0.29, 0.717) is 12.3 Å². The number of rotatable bonds is 1. The van der Waals surface area contributed by atoms with Crippen molar-refractivity contribution in [2.45, 2.75) is 31.3 Å². The van der Waals surface area contributed by atoms with E-state index in [1.807, 2.05) is 6.07 Å². The van der Waals surface area contributed by atoms with Crippen LogP contribution in [0.3, 0.4) is 0 Å². The molecule has 17 heavy (non-hydrogen) atoms. The fourth-order valence-electron chi connectivity index (χ4n) is 3.13. The van der Waals surface area contributed by atoms with Gasteiger partial charge in [0.1, 0.15) is 5.66 Å². The van der Waals surface area contributed by atoms with Gasteiger partial charge in [0, 0.05) is 13.0 Å². The highest BCUT2D eigenvalue weighted by molar-refractivity contribution is 5.78. The summed E-state index contributed by atoms with van der Waals surface area (Å²) in [5, 5.41) is 3.59. The maximum absolute atomic E-state index is 12.1. The number of hydrogen-bond acceptors (Lipinski definition) is 2. The van der Waals surface area contributed by atoms with Gasteiger partial charge in [-0.1, -0.05) is 30.3 Å². The van der Waals surface area contributed by atoms with Gasteiger partial charge in [-0.15, -0.1) is 0 Å². The number of benzene rings is 1. The van der Waals surface area contributed by atoms with Crippen molar-refractivity contribution in [3.63, 3.8) is 0 Å². The number of carbonyl (C=O) groups excluding carboxylic acids is 1. The molecule has 0 radical (unpaired) electrons.